The molecule has 0 bridgehead atoms. The Hall–Kier alpha value is -3.85. The molecule has 9 heteroatoms. The van der Waals surface area contributed by atoms with Crippen LogP contribution < -0.4 is 10.1 Å². The highest BCUT2D eigenvalue weighted by Crippen LogP contribution is 2.31. The molecule has 3 amide bonds. The first-order chi connectivity index (χ1) is 17.0. The van der Waals surface area contributed by atoms with Crippen molar-refractivity contribution in [1.29, 1.82) is 0 Å². The number of benzene rings is 1. The van der Waals surface area contributed by atoms with E-state index in [0.29, 0.717) is 18.5 Å². The first-order valence-electron chi connectivity index (χ1n) is 11.9. The monoisotopic (exact) mass is 471 g/mol. The number of hydrogen-bond donors (Lipinski definition) is 1. The van der Waals surface area contributed by atoms with E-state index in [2.05, 4.69) is 15.2 Å². The number of carbonyl (C=O) groups excluding carboxylic acids is 3. The number of rotatable bonds is 5. The summed E-state index contributed by atoms with van der Waals surface area (Å²) in [5.74, 6) is -0.137. The number of hydrogen-bond acceptors (Lipinski definition) is 7. The number of likely N-dealkylation sites (tertiary alicyclic amines) is 1. The van der Waals surface area contributed by atoms with Crippen molar-refractivity contribution in [3.05, 3.63) is 65.5 Å². The third-order valence-electron chi connectivity index (χ3n) is 6.93. The minimum atomic E-state index is -0.611. The fraction of sp³-hybridized carbons (Fsp3) is 0.346. The summed E-state index contributed by atoms with van der Waals surface area (Å²) in [5.41, 5.74) is 4.24. The highest BCUT2D eigenvalue weighted by Gasteiger charge is 2.39. The van der Waals surface area contributed by atoms with Gasteiger partial charge < -0.3 is 9.64 Å². The Kier molecular flexibility index (Phi) is 5.41. The van der Waals surface area contributed by atoms with E-state index in [-0.39, 0.29) is 24.3 Å². The number of aromatic nitrogens is 2. The summed E-state index contributed by atoms with van der Waals surface area (Å²) in [6, 6.07) is 12.8. The molecule has 2 aromatic heterocycles. The lowest BCUT2D eigenvalue weighted by Crippen LogP contribution is -2.52. The third-order valence-corrected chi connectivity index (χ3v) is 6.93. The van der Waals surface area contributed by atoms with Gasteiger partial charge >= 0.3 is 0 Å². The van der Waals surface area contributed by atoms with E-state index in [9.17, 15) is 14.4 Å². The molecular formula is C26H25N5O4. The van der Waals surface area contributed by atoms with Crippen molar-refractivity contribution < 1.29 is 19.1 Å². The van der Waals surface area contributed by atoms with Crippen molar-refractivity contribution in [2.45, 2.75) is 44.5 Å². The predicted octanol–water partition coefficient (Wildman–Crippen LogP) is 2.04. The van der Waals surface area contributed by atoms with E-state index in [4.69, 9.17) is 9.72 Å². The first kappa shape index (κ1) is 21.7. The average Bonchev–Trinajstić information content (AvgIpc) is 3.42. The molecule has 1 aromatic carbocycles. The molecule has 0 saturated carbocycles. The SMILES string of the molecule is O=C1CCC(N2Cc3cc(O[C@H]4CCN(Cc5ccc6ncccc6n5)C4)ccc3C2=O)C(=O)N1. The summed E-state index contributed by atoms with van der Waals surface area (Å²) in [7, 11) is 0. The van der Waals surface area contributed by atoms with E-state index in [1.54, 1.807) is 17.2 Å². The minimum Gasteiger partial charge on any atom is -0.489 e. The molecule has 2 fully saturated rings. The molecule has 3 aliphatic rings. The summed E-state index contributed by atoms with van der Waals surface area (Å²) < 4.78 is 6.26. The van der Waals surface area contributed by atoms with Gasteiger partial charge in [-0.1, -0.05) is 0 Å². The summed E-state index contributed by atoms with van der Waals surface area (Å²) in [4.78, 5) is 49.5. The lowest BCUT2D eigenvalue weighted by atomic mass is 10.0. The zero-order valence-corrected chi connectivity index (χ0v) is 19.1. The Morgan fingerprint density at radius 1 is 1.06 bits per heavy atom. The average molecular weight is 472 g/mol. The molecule has 2 saturated heterocycles. The second-order valence-electron chi connectivity index (χ2n) is 9.33. The molecule has 5 heterocycles. The molecule has 0 radical (unpaired) electrons. The van der Waals surface area contributed by atoms with Crippen molar-refractivity contribution in [2.75, 3.05) is 13.1 Å². The predicted molar refractivity (Wildman–Crippen MR) is 126 cm³/mol. The molecule has 3 aliphatic heterocycles. The standard InChI is InChI=1S/C26H25N5O4/c32-24-8-7-23(25(33)29-24)31-13-16-12-18(4-5-20(16)26(31)34)35-19-9-11-30(15-19)14-17-3-6-21-22(28-17)2-1-10-27-21/h1-6,10,12,19,23H,7-9,11,13-15H2,(H,29,32,33)/t19-,23?/m0/s1. The number of amides is 3. The summed E-state index contributed by atoms with van der Waals surface area (Å²) in [5, 5.41) is 2.33. The van der Waals surface area contributed by atoms with Crippen LogP contribution in [0.1, 0.15) is 40.9 Å². The minimum absolute atomic E-state index is 0.0542. The van der Waals surface area contributed by atoms with Crippen LogP contribution in [0.3, 0.4) is 0 Å². The van der Waals surface area contributed by atoms with E-state index < -0.39 is 11.9 Å². The molecule has 178 valence electrons. The fourth-order valence-corrected chi connectivity index (χ4v) is 5.17. The molecule has 0 aliphatic carbocycles. The van der Waals surface area contributed by atoms with Gasteiger partial charge in [-0.2, -0.15) is 0 Å². The molecular weight excluding hydrogens is 446 g/mol. The highest BCUT2D eigenvalue weighted by atomic mass is 16.5. The Morgan fingerprint density at radius 3 is 2.86 bits per heavy atom. The Morgan fingerprint density at radius 2 is 1.97 bits per heavy atom. The van der Waals surface area contributed by atoms with Gasteiger partial charge in [-0.05, 0) is 60.9 Å². The fourth-order valence-electron chi connectivity index (χ4n) is 5.17. The second-order valence-corrected chi connectivity index (χ2v) is 9.33. The number of nitrogens with zero attached hydrogens (tertiary/aromatic N) is 4. The lowest BCUT2D eigenvalue weighted by molar-refractivity contribution is -0.136. The molecule has 6 rings (SSSR count). The number of ether oxygens (including phenoxy) is 1. The van der Waals surface area contributed by atoms with Crippen molar-refractivity contribution in [3.63, 3.8) is 0 Å². The van der Waals surface area contributed by atoms with Crippen LogP contribution in [-0.4, -0.2) is 62.7 Å². The Balaban J connectivity index is 1.08. The van der Waals surface area contributed by atoms with Gasteiger partial charge in [0.1, 0.15) is 17.9 Å². The van der Waals surface area contributed by atoms with Gasteiger partial charge in [0.25, 0.3) is 5.91 Å². The third kappa shape index (κ3) is 4.23. The summed E-state index contributed by atoms with van der Waals surface area (Å²) in [6.07, 6.45) is 3.34. The zero-order valence-electron chi connectivity index (χ0n) is 19.1. The second kappa shape index (κ2) is 8.74. The largest absolute Gasteiger partial charge is 0.489 e. The number of fused-ring (bicyclic) bond motifs is 2. The lowest BCUT2D eigenvalue weighted by Gasteiger charge is -2.29. The van der Waals surface area contributed by atoms with Gasteiger partial charge in [0, 0.05) is 44.4 Å². The summed E-state index contributed by atoms with van der Waals surface area (Å²) in [6.45, 7) is 2.82. The van der Waals surface area contributed by atoms with Crippen molar-refractivity contribution in [2.24, 2.45) is 0 Å². The van der Waals surface area contributed by atoms with Crippen molar-refractivity contribution >= 4 is 28.8 Å². The van der Waals surface area contributed by atoms with Crippen LogP contribution in [0.15, 0.2) is 48.7 Å². The number of carbonyl (C=O) groups is 3. The highest BCUT2D eigenvalue weighted by molar-refractivity contribution is 6.05. The zero-order chi connectivity index (χ0) is 23.9. The maximum Gasteiger partial charge on any atom is 0.255 e. The number of imide groups is 1. The van der Waals surface area contributed by atoms with E-state index in [0.717, 1.165) is 54.1 Å². The summed E-state index contributed by atoms with van der Waals surface area (Å²) >= 11 is 0. The van der Waals surface area contributed by atoms with Gasteiger partial charge in [0.05, 0.1) is 16.7 Å². The van der Waals surface area contributed by atoms with Crippen molar-refractivity contribution in [3.8, 4) is 5.75 Å². The topological polar surface area (TPSA) is 105 Å². The van der Waals surface area contributed by atoms with Crippen LogP contribution >= 0.6 is 0 Å². The van der Waals surface area contributed by atoms with E-state index in [1.165, 1.54) is 0 Å². The van der Waals surface area contributed by atoms with E-state index in [1.807, 2.05) is 36.4 Å². The Labute approximate surface area is 202 Å². The van der Waals surface area contributed by atoms with Gasteiger partial charge in [-0.3, -0.25) is 29.6 Å². The quantitative estimate of drug-likeness (QED) is 0.568. The maximum absolute atomic E-state index is 12.9. The molecule has 35 heavy (non-hydrogen) atoms. The van der Waals surface area contributed by atoms with Crippen LogP contribution in [-0.2, 0) is 22.7 Å². The molecule has 3 aromatic rings. The Bertz CT molecular complexity index is 1340. The van der Waals surface area contributed by atoms with E-state index >= 15 is 0 Å². The van der Waals surface area contributed by atoms with Crippen molar-refractivity contribution in [1.82, 2.24) is 25.1 Å². The molecule has 2 atom stereocenters. The van der Waals surface area contributed by atoms with Crippen LogP contribution in [0.4, 0.5) is 0 Å². The molecule has 1 N–H and O–H groups in total. The first-order valence-corrected chi connectivity index (χ1v) is 11.9. The number of piperidine rings is 1. The normalized spacial score (nSPS) is 22.5. The van der Waals surface area contributed by atoms with Gasteiger partial charge in [0.15, 0.2) is 0 Å². The molecule has 0 spiro atoms. The van der Waals surface area contributed by atoms with Gasteiger partial charge in [0.2, 0.25) is 11.8 Å². The maximum atomic E-state index is 12.9. The smallest absolute Gasteiger partial charge is 0.255 e. The van der Waals surface area contributed by atoms with Gasteiger partial charge in [-0.15, -0.1) is 0 Å². The van der Waals surface area contributed by atoms with Crippen LogP contribution in [0.2, 0.25) is 0 Å². The van der Waals surface area contributed by atoms with Crippen LogP contribution in [0.5, 0.6) is 5.75 Å². The molecule has 1 unspecified atom stereocenters. The van der Waals surface area contributed by atoms with Gasteiger partial charge in [-0.25, -0.2) is 4.98 Å². The molecule has 9 nitrogen and oxygen atoms in total. The number of pyridine rings is 2. The van der Waals surface area contributed by atoms with Crippen LogP contribution in [0.25, 0.3) is 11.0 Å². The van der Waals surface area contributed by atoms with Crippen LogP contribution in [0, 0.1) is 0 Å². The number of nitrogens with one attached hydrogen (secondary N) is 1.